The average Bonchev–Trinajstić information content (AvgIpc) is 2.57. The quantitative estimate of drug-likeness (QED) is 0.540. The number of halogens is 3. The summed E-state index contributed by atoms with van der Waals surface area (Å²) in [5, 5.41) is 33.5. The Morgan fingerprint density at radius 3 is 2.60 bits per heavy atom. The van der Waals surface area contributed by atoms with E-state index in [1.807, 2.05) is 25.1 Å². The summed E-state index contributed by atoms with van der Waals surface area (Å²) in [6.45, 7) is -1.11. The zero-order valence-corrected chi connectivity index (χ0v) is 14.5. The number of ether oxygens (including phenoxy) is 1. The Hall–Kier alpha value is -1.09. The van der Waals surface area contributed by atoms with Crippen LogP contribution in [0.15, 0.2) is 29.8 Å². The number of alkyl halides is 2. The maximum Gasteiger partial charge on any atom is 0.345 e. The smallest absolute Gasteiger partial charge is 0.345 e. The van der Waals surface area contributed by atoms with Crippen LogP contribution in [0.4, 0.5) is 8.78 Å². The monoisotopic (exact) mass is 377 g/mol. The van der Waals surface area contributed by atoms with Crippen molar-refractivity contribution in [3.8, 4) is 0 Å². The zero-order chi connectivity index (χ0) is 18.6. The van der Waals surface area contributed by atoms with Gasteiger partial charge in [-0.3, -0.25) is 0 Å². The zero-order valence-electron chi connectivity index (χ0n) is 13.7. The first-order valence-electron chi connectivity index (χ1n) is 7.92. The molecular formula is C17H22ClF2NO4. The molecule has 0 spiro atoms. The van der Waals surface area contributed by atoms with Crippen LogP contribution in [0, 0.1) is 6.92 Å². The topological polar surface area (TPSA) is 82.0 Å². The van der Waals surface area contributed by atoms with Gasteiger partial charge in [-0.15, -0.1) is 0 Å². The average molecular weight is 378 g/mol. The molecule has 0 aromatic heterocycles. The van der Waals surface area contributed by atoms with Gasteiger partial charge in [-0.25, -0.2) is 0 Å². The van der Waals surface area contributed by atoms with Crippen LogP contribution in [0.25, 0.3) is 0 Å². The Labute approximate surface area is 149 Å². The maximum absolute atomic E-state index is 12.2. The molecule has 0 heterocycles. The van der Waals surface area contributed by atoms with Crippen LogP contribution in [0.3, 0.4) is 0 Å². The summed E-state index contributed by atoms with van der Waals surface area (Å²) in [4.78, 5) is 0. The number of benzene rings is 1. The molecule has 25 heavy (non-hydrogen) atoms. The first-order valence-corrected chi connectivity index (χ1v) is 8.30. The highest BCUT2D eigenvalue weighted by atomic mass is 35.5. The first-order chi connectivity index (χ1) is 11.8. The molecule has 0 unspecified atom stereocenters. The van der Waals surface area contributed by atoms with Gasteiger partial charge in [0.15, 0.2) is 0 Å². The van der Waals surface area contributed by atoms with Gasteiger partial charge in [0.1, 0.15) is 18.3 Å². The predicted octanol–water partition coefficient (Wildman–Crippen LogP) is 1.41. The molecule has 0 radical (unpaired) electrons. The molecule has 1 aliphatic rings. The molecule has 0 saturated carbocycles. The fourth-order valence-corrected chi connectivity index (χ4v) is 2.88. The molecule has 1 aliphatic carbocycles. The van der Waals surface area contributed by atoms with E-state index in [1.165, 1.54) is 6.08 Å². The van der Waals surface area contributed by atoms with E-state index in [4.69, 9.17) is 11.6 Å². The molecule has 140 valence electrons. The Kier molecular flexibility index (Phi) is 7.30. The van der Waals surface area contributed by atoms with Gasteiger partial charge >= 0.3 is 6.61 Å². The molecule has 1 aromatic rings. The van der Waals surface area contributed by atoms with Gasteiger partial charge in [0, 0.05) is 5.02 Å². The number of aryl methyl sites for hydroxylation is 1. The van der Waals surface area contributed by atoms with Crippen LogP contribution in [0.1, 0.15) is 11.1 Å². The van der Waals surface area contributed by atoms with Crippen molar-refractivity contribution < 1.29 is 28.8 Å². The lowest BCUT2D eigenvalue weighted by Gasteiger charge is -2.35. The highest BCUT2D eigenvalue weighted by molar-refractivity contribution is 6.31. The molecule has 1 aromatic carbocycles. The van der Waals surface area contributed by atoms with E-state index in [1.54, 1.807) is 0 Å². The summed E-state index contributed by atoms with van der Waals surface area (Å²) in [5.41, 5.74) is 2.12. The number of nitrogens with one attached hydrogen (secondary N) is 1. The van der Waals surface area contributed by atoms with Gasteiger partial charge in [0.25, 0.3) is 0 Å². The largest absolute Gasteiger partial charge is 0.388 e. The highest BCUT2D eigenvalue weighted by Gasteiger charge is 2.37. The van der Waals surface area contributed by atoms with Crippen molar-refractivity contribution in [2.75, 3.05) is 13.2 Å². The Bertz CT molecular complexity index is 614. The van der Waals surface area contributed by atoms with E-state index in [0.717, 1.165) is 11.1 Å². The van der Waals surface area contributed by atoms with Crippen LogP contribution >= 0.6 is 11.6 Å². The minimum atomic E-state index is -2.98. The van der Waals surface area contributed by atoms with Crippen molar-refractivity contribution >= 4 is 11.6 Å². The third-order valence-electron chi connectivity index (χ3n) is 4.21. The molecule has 2 rings (SSSR count). The number of hydrogen-bond donors (Lipinski definition) is 4. The molecule has 4 N–H and O–H groups in total. The summed E-state index contributed by atoms with van der Waals surface area (Å²) < 4.78 is 28.5. The fraction of sp³-hybridized carbons (Fsp3) is 0.529. The number of aliphatic hydroxyl groups excluding tert-OH is 3. The van der Waals surface area contributed by atoms with Crippen molar-refractivity contribution in [2.45, 2.75) is 44.3 Å². The van der Waals surface area contributed by atoms with Gasteiger partial charge < -0.3 is 25.4 Å². The SMILES string of the molecule is Cc1cc(CCN[C@@H]2C=C(COC(F)F)[C@H](O)[C@H](O)[C@H]2O)ccc1Cl. The van der Waals surface area contributed by atoms with Crippen molar-refractivity contribution in [3.05, 3.63) is 46.0 Å². The summed E-state index contributed by atoms with van der Waals surface area (Å²) in [6, 6.07) is 4.98. The molecule has 0 amide bonds. The minimum absolute atomic E-state index is 0.109. The Morgan fingerprint density at radius 1 is 1.24 bits per heavy atom. The number of rotatable bonds is 7. The van der Waals surface area contributed by atoms with Gasteiger partial charge in [-0.05, 0) is 42.7 Å². The van der Waals surface area contributed by atoms with E-state index in [2.05, 4.69) is 10.1 Å². The lowest BCUT2D eigenvalue weighted by Crippen LogP contribution is -2.54. The van der Waals surface area contributed by atoms with E-state index in [-0.39, 0.29) is 5.57 Å². The lowest BCUT2D eigenvalue weighted by atomic mass is 9.88. The maximum atomic E-state index is 12.2. The van der Waals surface area contributed by atoms with Crippen LogP contribution in [0.2, 0.25) is 5.02 Å². The normalized spacial score (nSPS) is 26.8. The van der Waals surface area contributed by atoms with E-state index < -0.39 is 37.6 Å². The third kappa shape index (κ3) is 5.44. The molecular weight excluding hydrogens is 356 g/mol. The number of hydrogen-bond acceptors (Lipinski definition) is 5. The predicted molar refractivity (Wildman–Crippen MR) is 89.7 cm³/mol. The van der Waals surface area contributed by atoms with E-state index in [9.17, 15) is 24.1 Å². The van der Waals surface area contributed by atoms with Crippen molar-refractivity contribution in [1.29, 1.82) is 0 Å². The van der Waals surface area contributed by atoms with Crippen LogP contribution in [0.5, 0.6) is 0 Å². The first kappa shape index (κ1) is 20.2. The second-order valence-electron chi connectivity index (χ2n) is 6.05. The Balaban J connectivity index is 1.97. The van der Waals surface area contributed by atoms with Gasteiger partial charge in [0.2, 0.25) is 0 Å². The lowest BCUT2D eigenvalue weighted by molar-refractivity contribution is -0.129. The summed E-state index contributed by atoms with van der Waals surface area (Å²) in [7, 11) is 0. The Morgan fingerprint density at radius 2 is 1.96 bits per heavy atom. The second-order valence-corrected chi connectivity index (χ2v) is 6.46. The summed E-state index contributed by atoms with van der Waals surface area (Å²) >= 11 is 5.98. The highest BCUT2D eigenvalue weighted by Crippen LogP contribution is 2.22. The van der Waals surface area contributed by atoms with Crippen molar-refractivity contribution in [3.63, 3.8) is 0 Å². The molecule has 4 atom stereocenters. The van der Waals surface area contributed by atoms with Crippen molar-refractivity contribution in [1.82, 2.24) is 5.32 Å². The molecule has 0 fully saturated rings. The summed E-state index contributed by atoms with van der Waals surface area (Å²) in [5.74, 6) is 0. The van der Waals surface area contributed by atoms with Gasteiger partial charge in [-0.1, -0.05) is 29.8 Å². The molecule has 0 aliphatic heterocycles. The third-order valence-corrected chi connectivity index (χ3v) is 4.63. The van der Waals surface area contributed by atoms with Crippen LogP contribution in [-0.2, 0) is 11.2 Å². The van der Waals surface area contributed by atoms with E-state index in [0.29, 0.717) is 18.0 Å². The second kappa shape index (κ2) is 9.02. The molecule has 8 heteroatoms. The molecule has 0 bridgehead atoms. The van der Waals surface area contributed by atoms with Crippen LogP contribution < -0.4 is 5.32 Å². The van der Waals surface area contributed by atoms with E-state index >= 15 is 0 Å². The van der Waals surface area contributed by atoms with Crippen molar-refractivity contribution in [2.24, 2.45) is 0 Å². The van der Waals surface area contributed by atoms with Crippen LogP contribution in [-0.4, -0.2) is 59.4 Å². The fourth-order valence-electron chi connectivity index (χ4n) is 2.76. The summed E-state index contributed by atoms with van der Waals surface area (Å²) in [6.07, 6.45) is -2.09. The molecule has 5 nitrogen and oxygen atoms in total. The standard InChI is InChI=1S/C17H22ClF2NO4/c1-9-6-10(2-3-12(9)18)4-5-21-13-7-11(8-25-17(19)20)14(22)16(24)15(13)23/h2-3,6-7,13-17,21-24H,4-5,8H2,1H3/t13-,14+,15+,16+/m1/s1. The molecule has 0 saturated heterocycles. The van der Waals surface area contributed by atoms with Gasteiger partial charge in [-0.2, -0.15) is 8.78 Å². The minimum Gasteiger partial charge on any atom is -0.388 e. The van der Waals surface area contributed by atoms with Gasteiger partial charge in [0.05, 0.1) is 12.6 Å². The number of aliphatic hydroxyl groups is 3.